The third-order valence-electron chi connectivity index (χ3n) is 6.29. The molecule has 5 rings (SSSR count). The van der Waals surface area contributed by atoms with Crippen molar-refractivity contribution < 1.29 is 14.4 Å². The van der Waals surface area contributed by atoms with E-state index in [2.05, 4.69) is 14.8 Å². The van der Waals surface area contributed by atoms with Crippen molar-refractivity contribution >= 4 is 34.6 Å². The fourth-order valence-corrected chi connectivity index (χ4v) is 5.15. The van der Waals surface area contributed by atoms with Gasteiger partial charge in [-0.15, -0.1) is 11.3 Å². The van der Waals surface area contributed by atoms with Crippen LogP contribution in [0, 0.1) is 0 Å². The molecule has 0 bridgehead atoms. The fraction of sp³-hybridized carbons (Fsp3) is 0.280. The molecule has 3 aromatic rings. The molecule has 168 valence electrons. The monoisotopic (exact) mass is 460 g/mol. The minimum absolute atomic E-state index is 0.0454. The van der Waals surface area contributed by atoms with Crippen LogP contribution in [0.15, 0.2) is 66.3 Å². The number of pyridine rings is 1. The average Bonchev–Trinajstić information content (AvgIpc) is 3.48. The number of benzene rings is 1. The van der Waals surface area contributed by atoms with Crippen LogP contribution in [-0.4, -0.2) is 64.6 Å². The molecule has 1 atom stereocenters. The highest BCUT2D eigenvalue weighted by atomic mass is 32.1. The normalized spacial score (nSPS) is 19.3. The molecule has 2 fully saturated rings. The lowest BCUT2D eigenvalue weighted by Gasteiger charge is -2.38. The van der Waals surface area contributed by atoms with Crippen LogP contribution in [0.3, 0.4) is 0 Å². The number of nitrogens with zero attached hydrogens (tertiary/aromatic N) is 4. The molecule has 4 heterocycles. The van der Waals surface area contributed by atoms with Crippen LogP contribution in [0.1, 0.15) is 27.2 Å². The lowest BCUT2D eigenvalue weighted by Crippen LogP contribution is -2.52. The Kier molecular flexibility index (Phi) is 6.02. The highest BCUT2D eigenvalue weighted by Gasteiger charge is 2.42. The number of amides is 2. The molecule has 2 amide bonds. The van der Waals surface area contributed by atoms with Crippen molar-refractivity contribution in [2.45, 2.75) is 19.0 Å². The number of anilines is 1. The van der Waals surface area contributed by atoms with Gasteiger partial charge in [-0.25, -0.2) is 0 Å². The predicted molar refractivity (Wildman–Crippen MR) is 126 cm³/mol. The van der Waals surface area contributed by atoms with Crippen LogP contribution in [0.4, 0.5) is 5.69 Å². The molecule has 0 aliphatic carbocycles. The van der Waals surface area contributed by atoms with Crippen molar-refractivity contribution in [1.29, 1.82) is 0 Å². The molecular weight excluding hydrogens is 436 g/mol. The summed E-state index contributed by atoms with van der Waals surface area (Å²) in [5, 5.41) is 1.96. The van der Waals surface area contributed by atoms with Gasteiger partial charge < -0.3 is 4.90 Å². The van der Waals surface area contributed by atoms with Gasteiger partial charge in [0, 0.05) is 60.3 Å². The number of rotatable bonds is 6. The van der Waals surface area contributed by atoms with Gasteiger partial charge in [-0.1, -0.05) is 6.07 Å². The second-order valence-electron chi connectivity index (χ2n) is 8.26. The first-order valence-corrected chi connectivity index (χ1v) is 11.9. The minimum atomic E-state index is -0.362. The number of piperazine rings is 1. The van der Waals surface area contributed by atoms with Crippen LogP contribution in [0.25, 0.3) is 0 Å². The lowest BCUT2D eigenvalue weighted by atomic mass is 10.0. The second kappa shape index (κ2) is 9.25. The Morgan fingerprint density at radius 2 is 1.76 bits per heavy atom. The Balaban J connectivity index is 1.19. The summed E-state index contributed by atoms with van der Waals surface area (Å²) >= 11 is 1.56. The molecule has 7 nitrogen and oxygen atoms in total. The van der Waals surface area contributed by atoms with Gasteiger partial charge in [0.1, 0.15) is 0 Å². The van der Waals surface area contributed by atoms with Crippen molar-refractivity contribution in [2.24, 2.45) is 0 Å². The topological polar surface area (TPSA) is 73.8 Å². The maximum atomic E-state index is 12.9. The van der Waals surface area contributed by atoms with Gasteiger partial charge in [-0.2, -0.15) is 0 Å². The number of imide groups is 1. The summed E-state index contributed by atoms with van der Waals surface area (Å²) in [7, 11) is 0. The van der Waals surface area contributed by atoms with Crippen LogP contribution in [-0.2, 0) is 16.1 Å². The van der Waals surface area contributed by atoms with E-state index >= 15 is 0 Å². The number of ketones is 1. The molecule has 0 unspecified atom stereocenters. The summed E-state index contributed by atoms with van der Waals surface area (Å²) in [6, 6.07) is 14.7. The van der Waals surface area contributed by atoms with Gasteiger partial charge in [0.05, 0.1) is 19.0 Å². The Morgan fingerprint density at radius 3 is 2.42 bits per heavy atom. The molecule has 0 N–H and O–H groups in total. The Morgan fingerprint density at radius 1 is 0.970 bits per heavy atom. The number of carbonyl (C=O) groups is 3. The zero-order valence-corrected chi connectivity index (χ0v) is 18.9. The Labute approximate surface area is 196 Å². The van der Waals surface area contributed by atoms with Crippen LogP contribution >= 0.6 is 11.3 Å². The van der Waals surface area contributed by atoms with Crippen molar-refractivity contribution in [3.8, 4) is 0 Å². The van der Waals surface area contributed by atoms with Crippen molar-refractivity contribution in [3.05, 3.63) is 82.3 Å². The molecule has 2 aliphatic heterocycles. The maximum absolute atomic E-state index is 12.9. The smallest absolute Gasteiger partial charge is 0.247 e. The van der Waals surface area contributed by atoms with Crippen molar-refractivity contribution in [2.75, 3.05) is 31.1 Å². The molecular formula is C25H24N4O3S. The molecule has 0 radical (unpaired) electrons. The standard InChI is InChI=1S/C25H24N4O3S/c30-23-15-22(25(32)29(23)17-21-4-2-14-33-21)28-12-10-27(11-13-28)20-7-5-18(6-8-20)24(31)19-3-1-9-26-16-19/h1-9,14,16,22H,10-13,15,17H2/t22-/m1/s1. The lowest BCUT2D eigenvalue weighted by molar-refractivity contribution is -0.140. The summed E-state index contributed by atoms with van der Waals surface area (Å²) in [4.78, 5) is 48.8. The molecule has 0 spiro atoms. The summed E-state index contributed by atoms with van der Waals surface area (Å²) in [5.41, 5.74) is 2.25. The van der Waals surface area contributed by atoms with E-state index in [-0.39, 0.29) is 30.1 Å². The van der Waals surface area contributed by atoms with Crippen LogP contribution in [0.5, 0.6) is 0 Å². The number of thiophene rings is 1. The number of aromatic nitrogens is 1. The highest BCUT2D eigenvalue weighted by Crippen LogP contribution is 2.25. The molecule has 2 aromatic heterocycles. The molecule has 8 heteroatoms. The summed E-state index contributed by atoms with van der Waals surface area (Å²) in [5.74, 6) is -0.217. The van der Waals surface area contributed by atoms with Gasteiger partial charge in [0.15, 0.2) is 5.78 Å². The predicted octanol–water partition coefficient (Wildman–Crippen LogP) is 2.82. The number of likely N-dealkylation sites (tertiary alicyclic amines) is 1. The molecule has 1 aromatic carbocycles. The first-order chi connectivity index (χ1) is 16.1. The van der Waals surface area contributed by atoms with E-state index in [4.69, 9.17) is 0 Å². The molecule has 33 heavy (non-hydrogen) atoms. The van der Waals surface area contributed by atoms with Gasteiger partial charge in [-0.3, -0.25) is 29.2 Å². The minimum Gasteiger partial charge on any atom is -0.369 e. The van der Waals surface area contributed by atoms with E-state index in [1.807, 2.05) is 41.8 Å². The van der Waals surface area contributed by atoms with E-state index in [9.17, 15) is 14.4 Å². The van der Waals surface area contributed by atoms with Gasteiger partial charge in [-0.05, 0) is 47.8 Å². The second-order valence-corrected chi connectivity index (χ2v) is 9.29. The Bertz CT molecular complexity index is 1140. The van der Waals surface area contributed by atoms with E-state index in [1.54, 1.807) is 35.9 Å². The Hall–Kier alpha value is -3.36. The largest absolute Gasteiger partial charge is 0.369 e. The molecule has 2 saturated heterocycles. The van der Waals surface area contributed by atoms with E-state index in [0.29, 0.717) is 30.8 Å². The van der Waals surface area contributed by atoms with Gasteiger partial charge in [0.25, 0.3) is 0 Å². The summed E-state index contributed by atoms with van der Waals surface area (Å²) in [6.07, 6.45) is 3.48. The quantitative estimate of drug-likeness (QED) is 0.416. The zero-order valence-electron chi connectivity index (χ0n) is 18.1. The first kappa shape index (κ1) is 21.5. The van der Waals surface area contributed by atoms with Gasteiger partial charge in [0.2, 0.25) is 11.8 Å². The third-order valence-corrected chi connectivity index (χ3v) is 7.15. The third kappa shape index (κ3) is 4.44. The van der Waals surface area contributed by atoms with Crippen LogP contribution < -0.4 is 4.90 Å². The average molecular weight is 461 g/mol. The van der Waals surface area contributed by atoms with Crippen LogP contribution in [0.2, 0.25) is 0 Å². The van der Waals surface area contributed by atoms with Crippen molar-refractivity contribution in [1.82, 2.24) is 14.8 Å². The maximum Gasteiger partial charge on any atom is 0.247 e. The van der Waals surface area contributed by atoms with E-state index in [1.165, 1.54) is 4.90 Å². The summed E-state index contributed by atoms with van der Waals surface area (Å²) < 4.78 is 0. The van der Waals surface area contributed by atoms with Gasteiger partial charge >= 0.3 is 0 Å². The molecule has 0 saturated carbocycles. The van der Waals surface area contributed by atoms with Crippen molar-refractivity contribution in [3.63, 3.8) is 0 Å². The number of hydrogen-bond acceptors (Lipinski definition) is 7. The first-order valence-electron chi connectivity index (χ1n) is 11.0. The number of carbonyl (C=O) groups excluding carboxylic acids is 3. The molecule has 2 aliphatic rings. The van der Waals surface area contributed by atoms with E-state index in [0.717, 1.165) is 23.7 Å². The number of hydrogen-bond donors (Lipinski definition) is 0. The zero-order chi connectivity index (χ0) is 22.8. The summed E-state index contributed by atoms with van der Waals surface area (Å²) in [6.45, 7) is 3.33. The fourth-order valence-electron chi connectivity index (χ4n) is 4.45. The highest BCUT2D eigenvalue weighted by molar-refractivity contribution is 7.09. The van der Waals surface area contributed by atoms with E-state index < -0.39 is 0 Å². The SMILES string of the molecule is O=C(c1ccc(N2CCN([C@@H]3CC(=O)N(Cc4cccs4)C3=O)CC2)cc1)c1cccnc1.